The fourth-order valence-corrected chi connectivity index (χ4v) is 3.09. The zero-order chi connectivity index (χ0) is 15.1. The van der Waals surface area contributed by atoms with Gasteiger partial charge in [-0.2, -0.15) is 0 Å². The maximum Gasteiger partial charge on any atom is 0.220 e. The van der Waals surface area contributed by atoms with Crippen LogP contribution >= 0.6 is 0 Å². The monoisotopic (exact) mass is 288 g/mol. The van der Waals surface area contributed by atoms with Gasteiger partial charge in [-0.3, -0.25) is 4.79 Å². The summed E-state index contributed by atoms with van der Waals surface area (Å²) in [5, 5.41) is 6.46. The first-order valence-corrected chi connectivity index (χ1v) is 8.19. The van der Waals surface area contributed by atoms with Crippen molar-refractivity contribution in [3.8, 4) is 0 Å². The van der Waals surface area contributed by atoms with Gasteiger partial charge in [-0.15, -0.1) is 0 Å². The van der Waals surface area contributed by atoms with Crippen molar-refractivity contribution in [3.05, 3.63) is 35.9 Å². The van der Waals surface area contributed by atoms with Crippen molar-refractivity contribution in [3.63, 3.8) is 0 Å². The molecule has 1 aliphatic rings. The molecule has 1 saturated heterocycles. The standard InChI is InChI=1S/C18H28N2O/c1-14(2)17(16-6-4-3-5-7-16)12-18(21)20-11-9-15-8-10-19-13-15/h3-7,14-15,17,19H,8-13H2,1-2H3,(H,20,21). The second kappa shape index (κ2) is 8.18. The lowest BCUT2D eigenvalue weighted by Crippen LogP contribution is -2.28. The van der Waals surface area contributed by atoms with Gasteiger partial charge in [-0.25, -0.2) is 0 Å². The number of rotatable bonds is 7. The summed E-state index contributed by atoms with van der Waals surface area (Å²) < 4.78 is 0. The number of hydrogen-bond acceptors (Lipinski definition) is 2. The maximum absolute atomic E-state index is 12.2. The van der Waals surface area contributed by atoms with Crippen molar-refractivity contribution >= 4 is 5.91 Å². The minimum Gasteiger partial charge on any atom is -0.356 e. The van der Waals surface area contributed by atoms with E-state index in [2.05, 4.69) is 48.7 Å². The van der Waals surface area contributed by atoms with E-state index in [4.69, 9.17) is 0 Å². The van der Waals surface area contributed by atoms with Crippen molar-refractivity contribution < 1.29 is 4.79 Å². The van der Waals surface area contributed by atoms with Crippen LogP contribution in [0.5, 0.6) is 0 Å². The second-order valence-corrected chi connectivity index (χ2v) is 6.46. The Hall–Kier alpha value is -1.35. The molecule has 0 saturated carbocycles. The third-order valence-corrected chi connectivity index (χ3v) is 4.47. The Morgan fingerprint density at radius 3 is 2.71 bits per heavy atom. The molecule has 0 radical (unpaired) electrons. The number of carbonyl (C=O) groups is 1. The Kier molecular flexibility index (Phi) is 6.24. The van der Waals surface area contributed by atoms with Crippen LogP contribution < -0.4 is 10.6 Å². The molecular formula is C18H28N2O. The molecule has 1 aromatic carbocycles. The van der Waals surface area contributed by atoms with Gasteiger partial charge in [0.05, 0.1) is 0 Å². The predicted molar refractivity (Wildman–Crippen MR) is 87.2 cm³/mol. The highest BCUT2D eigenvalue weighted by atomic mass is 16.1. The van der Waals surface area contributed by atoms with Crippen molar-refractivity contribution in [2.75, 3.05) is 19.6 Å². The smallest absolute Gasteiger partial charge is 0.220 e. The molecule has 0 spiro atoms. The molecule has 0 aromatic heterocycles. The van der Waals surface area contributed by atoms with E-state index in [0.29, 0.717) is 18.3 Å². The zero-order valence-electron chi connectivity index (χ0n) is 13.3. The van der Waals surface area contributed by atoms with Gasteiger partial charge < -0.3 is 10.6 Å². The molecule has 2 unspecified atom stereocenters. The molecule has 3 heteroatoms. The van der Waals surface area contributed by atoms with E-state index in [9.17, 15) is 4.79 Å². The SMILES string of the molecule is CC(C)C(CC(=O)NCCC1CCNC1)c1ccccc1. The number of hydrogen-bond donors (Lipinski definition) is 2. The Balaban J connectivity index is 1.78. The van der Waals surface area contributed by atoms with Gasteiger partial charge in [0.2, 0.25) is 5.91 Å². The first-order chi connectivity index (χ1) is 10.2. The van der Waals surface area contributed by atoms with E-state index in [1.165, 1.54) is 12.0 Å². The molecule has 1 fully saturated rings. The van der Waals surface area contributed by atoms with Crippen LogP contribution in [0, 0.1) is 11.8 Å². The molecule has 0 bridgehead atoms. The quantitative estimate of drug-likeness (QED) is 0.810. The second-order valence-electron chi connectivity index (χ2n) is 6.46. The molecule has 2 rings (SSSR count). The molecule has 1 aliphatic heterocycles. The van der Waals surface area contributed by atoms with Gasteiger partial charge in [-0.05, 0) is 49.2 Å². The first kappa shape index (κ1) is 16.0. The van der Waals surface area contributed by atoms with Gasteiger partial charge in [0, 0.05) is 13.0 Å². The maximum atomic E-state index is 12.2. The number of carbonyl (C=O) groups excluding carboxylic acids is 1. The van der Waals surface area contributed by atoms with Gasteiger partial charge >= 0.3 is 0 Å². The van der Waals surface area contributed by atoms with Crippen LogP contribution in [0.2, 0.25) is 0 Å². The average Bonchev–Trinajstić information content (AvgIpc) is 2.98. The van der Waals surface area contributed by atoms with Crippen LogP contribution in [-0.4, -0.2) is 25.5 Å². The van der Waals surface area contributed by atoms with Crippen molar-refractivity contribution in [1.82, 2.24) is 10.6 Å². The highest BCUT2D eigenvalue weighted by Gasteiger charge is 2.20. The summed E-state index contributed by atoms with van der Waals surface area (Å²) in [5.41, 5.74) is 1.27. The molecule has 2 N–H and O–H groups in total. The largest absolute Gasteiger partial charge is 0.356 e. The molecule has 2 atom stereocenters. The molecule has 0 aliphatic carbocycles. The predicted octanol–water partition coefficient (Wildman–Crippen LogP) is 2.93. The van der Waals surface area contributed by atoms with Gasteiger partial charge in [0.15, 0.2) is 0 Å². The third kappa shape index (κ3) is 5.16. The van der Waals surface area contributed by atoms with Crippen molar-refractivity contribution in [1.29, 1.82) is 0 Å². The molecule has 1 amide bonds. The molecule has 116 valence electrons. The first-order valence-electron chi connectivity index (χ1n) is 8.19. The number of amides is 1. The number of nitrogens with one attached hydrogen (secondary N) is 2. The summed E-state index contributed by atoms with van der Waals surface area (Å²) in [6.07, 6.45) is 2.93. The van der Waals surface area contributed by atoms with E-state index in [-0.39, 0.29) is 5.91 Å². The highest BCUT2D eigenvalue weighted by molar-refractivity contribution is 5.76. The molecule has 3 nitrogen and oxygen atoms in total. The summed E-state index contributed by atoms with van der Waals surface area (Å²) in [6, 6.07) is 10.4. The van der Waals surface area contributed by atoms with Crippen LogP contribution in [0.15, 0.2) is 30.3 Å². The molecule has 1 aromatic rings. The van der Waals surface area contributed by atoms with E-state index < -0.39 is 0 Å². The molecule has 21 heavy (non-hydrogen) atoms. The van der Waals surface area contributed by atoms with E-state index >= 15 is 0 Å². The summed E-state index contributed by atoms with van der Waals surface area (Å²) in [5.74, 6) is 1.69. The minimum atomic E-state index is 0.184. The van der Waals surface area contributed by atoms with E-state index in [1.807, 2.05) is 6.07 Å². The van der Waals surface area contributed by atoms with Gasteiger partial charge in [0.25, 0.3) is 0 Å². The van der Waals surface area contributed by atoms with Crippen LogP contribution in [-0.2, 0) is 4.79 Å². The van der Waals surface area contributed by atoms with Gasteiger partial charge in [0.1, 0.15) is 0 Å². The van der Waals surface area contributed by atoms with Crippen LogP contribution in [0.4, 0.5) is 0 Å². The zero-order valence-corrected chi connectivity index (χ0v) is 13.3. The van der Waals surface area contributed by atoms with E-state index in [1.54, 1.807) is 0 Å². The lowest BCUT2D eigenvalue weighted by atomic mass is 9.85. The fourth-order valence-electron chi connectivity index (χ4n) is 3.09. The Morgan fingerprint density at radius 1 is 1.33 bits per heavy atom. The highest BCUT2D eigenvalue weighted by Crippen LogP contribution is 2.27. The van der Waals surface area contributed by atoms with E-state index in [0.717, 1.165) is 32.0 Å². The summed E-state index contributed by atoms with van der Waals surface area (Å²) in [6.45, 7) is 7.42. The molecular weight excluding hydrogens is 260 g/mol. The van der Waals surface area contributed by atoms with Crippen molar-refractivity contribution in [2.45, 2.75) is 39.0 Å². The minimum absolute atomic E-state index is 0.184. The van der Waals surface area contributed by atoms with Crippen LogP contribution in [0.3, 0.4) is 0 Å². The van der Waals surface area contributed by atoms with Crippen molar-refractivity contribution in [2.24, 2.45) is 11.8 Å². The van der Waals surface area contributed by atoms with Crippen LogP contribution in [0.1, 0.15) is 44.6 Å². The lowest BCUT2D eigenvalue weighted by molar-refractivity contribution is -0.121. The Morgan fingerprint density at radius 2 is 2.10 bits per heavy atom. The normalized spacial score (nSPS) is 19.7. The lowest BCUT2D eigenvalue weighted by Gasteiger charge is -2.21. The average molecular weight is 288 g/mol. The summed E-state index contributed by atoms with van der Waals surface area (Å²) in [7, 11) is 0. The third-order valence-electron chi connectivity index (χ3n) is 4.47. The van der Waals surface area contributed by atoms with Gasteiger partial charge in [-0.1, -0.05) is 44.2 Å². The molecule has 1 heterocycles. The van der Waals surface area contributed by atoms with Crippen LogP contribution in [0.25, 0.3) is 0 Å². The summed E-state index contributed by atoms with van der Waals surface area (Å²) >= 11 is 0. The Labute approximate surface area is 128 Å². The topological polar surface area (TPSA) is 41.1 Å². The summed E-state index contributed by atoms with van der Waals surface area (Å²) in [4.78, 5) is 12.2. The number of benzene rings is 1. The Bertz CT molecular complexity index is 424. The fraction of sp³-hybridized carbons (Fsp3) is 0.611.